The van der Waals surface area contributed by atoms with Gasteiger partial charge in [-0.15, -0.1) is 5.10 Å². The van der Waals surface area contributed by atoms with Crippen LogP contribution in [-0.2, 0) is 6.54 Å². The minimum atomic E-state index is -0.0347. The van der Waals surface area contributed by atoms with Crippen molar-refractivity contribution in [2.24, 2.45) is 0 Å². The summed E-state index contributed by atoms with van der Waals surface area (Å²) in [4.78, 5) is 16.5. The molecule has 1 aliphatic heterocycles. The first-order valence-electron chi connectivity index (χ1n) is 8.72. The van der Waals surface area contributed by atoms with E-state index in [4.69, 9.17) is 0 Å². The molecule has 6 heteroatoms. The lowest BCUT2D eigenvalue weighted by molar-refractivity contribution is 0.182. The average Bonchev–Trinajstić information content (AvgIpc) is 2.66. The largest absolute Gasteiger partial charge is 0.353 e. The highest BCUT2D eigenvalue weighted by Crippen LogP contribution is 2.19. The number of likely N-dealkylation sites (N-methyl/N-ethyl adjacent to an activating group) is 1. The van der Waals surface area contributed by atoms with Gasteiger partial charge in [-0.25, -0.2) is 4.79 Å². The zero-order chi connectivity index (χ0) is 17.6. The number of nitrogens with zero attached hydrogens (tertiary/aromatic N) is 4. The second-order valence-corrected chi connectivity index (χ2v) is 6.58. The number of aromatic nitrogens is 2. The molecule has 2 aromatic rings. The molecule has 1 fully saturated rings. The number of nitrogens with one attached hydrogen (secondary N) is 1. The molecule has 3 rings (SSSR count). The van der Waals surface area contributed by atoms with Gasteiger partial charge in [-0.3, -0.25) is 0 Å². The summed E-state index contributed by atoms with van der Waals surface area (Å²) in [5.74, 6) is 0.876. The summed E-state index contributed by atoms with van der Waals surface area (Å²) < 4.78 is 0. The number of anilines is 1. The van der Waals surface area contributed by atoms with Gasteiger partial charge in [-0.05, 0) is 37.5 Å². The van der Waals surface area contributed by atoms with Crippen molar-refractivity contribution in [3.63, 3.8) is 0 Å². The van der Waals surface area contributed by atoms with Crippen molar-refractivity contribution in [3.05, 3.63) is 53.7 Å². The molecule has 25 heavy (non-hydrogen) atoms. The number of rotatable bonds is 4. The maximum absolute atomic E-state index is 12.5. The molecule has 1 aromatic carbocycles. The summed E-state index contributed by atoms with van der Waals surface area (Å²) >= 11 is 0. The fraction of sp³-hybridized carbons (Fsp3) is 0.421. The molecule has 0 unspecified atom stereocenters. The van der Waals surface area contributed by atoms with Gasteiger partial charge in [0, 0.05) is 32.9 Å². The van der Waals surface area contributed by atoms with Crippen LogP contribution < -0.4 is 10.2 Å². The van der Waals surface area contributed by atoms with Crippen LogP contribution in [0.3, 0.4) is 0 Å². The van der Waals surface area contributed by atoms with Gasteiger partial charge in [0.1, 0.15) is 0 Å². The molecule has 1 aliphatic rings. The topological polar surface area (TPSA) is 61.4 Å². The predicted octanol–water partition coefficient (Wildman–Crippen LogP) is 2.60. The van der Waals surface area contributed by atoms with E-state index < -0.39 is 0 Å². The molecule has 0 bridgehead atoms. The number of carbonyl (C=O) groups excluding carboxylic acids is 1. The number of carbonyl (C=O) groups is 1. The molecule has 0 saturated carbocycles. The highest BCUT2D eigenvalue weighted by Gasteiger charge is 2.26. The Labute approximate surface area is 148 Å². The third kappa shape index (κ3) is 4.47. The zero-order valence-corrected chi connectivity index (χ0v) is 14.9. The molecular weight excluding hydrogens is 314 g/mol. The third-order valence-electron chi connectivity index (χ3n) is 4.67. The van der Waals surface area contributed by atoms with Crippen molar-refractivity contribution in [2.45, 2.75) is 32.4 Å². The zero-order valence-electron chi connectivity index (χ0n) is 14.9. The van der Waals surface area contributed by atoms with Crippen molar-refractivity contribution in [1.82, 2.24) is 20.4 Å². The second kappa shape index (κ2) is 7.96. The van der Waals surface area contributed by atoms with Gasteiger partial charge in [-0.1, -0.05) is 29.8 Å². The predicted molar refractivity (Wildman–Crippen MR) is 98.4 cm³/mol. The smallest absolute Gasteiger partial charge is 0.317 e. The fourth-order valence-corrected chi connectivity index (χ4v) is 3.23. The average molecular weight is 339 g/mol. The van der Waals surface area contributed by atoms with Crippen LogP contribution in [0, 0.1) is 6.92 Å². The Kier molecular flexibility index (Phi) is 5.48. The minimum absolute atomic E-state index is 0.0347. The Hall–Kier alpha value is -2.63. The third-order valence-corrected chi connectivity index (χ3v) is 4.67. The summed E-state index contributed by atoms with van der Waals surface area (Å²) in [6, 6.07) is 12.2. The molecule has 0 radical (unpaired) electrons. The molecule has 1 aromatic heterocycles. The fourth-order valence-electron chi connectivity index (χ4n) is 3.23. The Morgan fingerprint density at radius 2 is 2.24 bits per heavy atom. The maximum atomic E-state index is 12.5. The first-order chi connectivity index (χ1) is 12.1. The first kappa shape index (κ1) is 17.2. The molecule has 2 heterocycles. The highest BCUT2D eigenvalue weighted by atomic mass is 16.2. The minimum Gasteiger partial charge on any atom is -0.353 e. The number of aryl methyl sites for hydroxylation is 1. The van der Waals surface area contributed by atoms with E-state index in [1.165, 1.54) is 5.56 Å². The van der Waals surface area contributed by atoms with Crippen LogP contribution in [0.2, 0.25) is 0 Å². The van der Waals surface area contributed by atoms with Crippen molar-refractivity contribution < 1.29 is 4.79 Å². The lowest BCUT2D eigenvalue weighted by Gasteiger charge is -2.37. The lowest BCUT2D eigenvalue weighted by Crippen LogP contribution is -2.51. The molecule has 0 spiro atoms. The number of amides is 2. The quantitative estimate of drug-likeness (QED) is 0.930. The number of hydrogen-bond acceptors (Lipinski definition) is 4. The van der Waals surface area contributed by atoms with E-state index in [0.717, 1.165) is 37.3 Å². The van der Waals surface area contributed by atoms with Gasteiger partial charge >= 0.3 is 6.03 Å². The summed E-state index contributed by atoms with van der Waals surface area (Å²) in [7, 11) is 1.87. The Balaban J connectivity index is 1.56. The van der Waals surface area contributed by atoms with E-state index in [9.17, 15) is 4.79 Å². The van der Waals surface area contributed by atoms with Gasteiger partial charge in [-0.2, -0.15) is 5.10 Å². The van der Waals surface area contributed by atoms with Crippen molar-refractivity contribution in [2.75, 3.05) is 25.0 Å². The van der Waals surface area contributed by atoms with E-state index in [-0.39, 0.29) is 12.1 Å². The van der Waals surface area contributed by atoms with Crippen molar-refractivity contribution in [3.8, 4) is 0 Å². The molecule has 2 amide bonds. The molecule has 6 nitrogen and oxygen atoms in total. The number of urea groups is 1. The first-order valence-corrected chi connectivity index (χ1v) is 8.72. The monoisotopic (exact) mass is 339 g/mol. The lowest BCUT2D eigenvalue weighted by atomic mass is 10.0. The second-order valence-electron chi connectivity index (χ2n) is 6.58. The van der Waals surface area contributed by atoms with E-state index in [1.54, 1.807) is 6.20 Å². The summed E-state index contributed by atoms with van der Waals surface area (Å²) in [5.41, 5.74) is 2.32. The molecule has 0 aliphatic carbocycles. The molecule has 1 atom stereocenters. The SMILES string of the molecule is Cc1cccc(CNC(=O)N(C)[C@@H]2CCCN(c3cccnn3)C2)c1. The van der Waals surface area contributed by atoms with Crippen LogP contribution in [0.5, 0.6) is 0 Å². The van der Waals surface area contributed by atoms with Crippen LogP contribution in [0.25, 0.3) is 0 Å². The highest BCUT2D eigenvalue weighted by molar-refractivity contribution is 5.74. The molecule has 132 valence electrons. The van der Waals surface area contributed by atoms with Crippen molar-refractivity contribution in [1.29, 1.82) is 0 Å². The maximum Gasteiger partial charge on any atom is 0.317 e. The normalized spacial score (nSPS) is 17.2. The molecule has 1 saturated heterocycles. The van der Waals surface area contributed by atoms with Gasteiger partial charge in [0.05, 0.1) is 6.04 Å². The number of benzene rings is 1. The Morgan fingerprint density at radius 3 is 3.00 bits per heavy atom. The summed E-state index contributed by atoms with van der Waals surface area (Å²) in [5, 5.41) is 11.2. The Morgan fingerprint density at radius 1 is 1.36 bits per heavy atom. The van der Waals surface area contributed by atoms with Crippen LogP contribution in [0.15, 0.2) is 42.6 Å². The number of piperidine rings is 1. The summed E-state index contributed by atoms with van der Waals surface area (Å²) in [6.07, 6.45) is 3.72. The van der Waals surface area contributed by atoms with Crippen LogP contribution in [-0.4, -0.2) is 47.3 Å². The van der Waals surface area contributed by atoms with Crippen LogP contribution >= 0.6 is 0 Å². The summed E-state index contributed by atoms with van der Waals surface area (Å²) in [6.45, 7) is 4.34. The van der Waals surface area contributed by atoms with E-state index in [2.05, 4.69) is 39.5 Å². The van der Waals surface area contributed by atoms with Crippen LogP contribution in [0.4, 0.5) is 10.6 Å². The van der Waals surface area contributed by atoms with Gasteiger partial charge in [0.25, 0.3) is 0 Å². The number of hydrogen-bond donors (Lipinski definition) is 1. The van der Waals surface area contributed by atoms with Gasteiger partial charge < -0.3 is 15.1 Å². The molecular formula is C19H25N5O. The Bertz CT molecular complexity index is 706. The van der Waals surface area contributed by atoms with E-state index in [0.29, 0.717) is 6.54 Å². The molecule has 1 N–H and O–H groups in total. The van der Waals surface area contributed by atoms with Crippen LogP contribution in [0.1, 0.15) is 24.0 Å². The standard InChI is InChI=1S/C19H25N5O/c1-15-6-3-7-16(12-15)13-20-19(25)23(2)17-8-5-11-24(14-17)18-9-4-10-21-22-18/h3-4,6-7,9-10,12,17H,5,8,11,13-14H2,1-2H3,(H,20,25)/t17-/m1/s1. The van der Waals surface area contributed by atoms with Gasteiger partial charge in [0.2, 0.25) is 0 Å². The van der Waals surface area contributed by atoms with Crippen molar-refractivity contribution >= 4 is 11.8 Å². The van der Waals surface area contributed by atoms with Gasteiger partial charge in [0.15, 0.2) is 5.82 Å². The van der Waals surface area contributed by atoms with E-state index >= 15 is 0 Å². The van der Waals surface area contributed by atoms with E-state index in [1.807, 2.05) is 36.2 Å².